The van der Waals surface area contributed by atoms with Crippen molar-refractivity contribution < 1.29 is 4.42 Å². The van der Waals surface area contributed by atoms with E-state index >= 15 is 0 Å². The van der Waals surface area contributed by atoms with E-state index in [4.69, 9.17) is 21.9 Å². The van der Waals surface area contributed by atoms with E-state index in [9.17, 15) is 0 Å². The third-order valence-corrected chi connectivity index (χ3v) is 4.96. The predicted octanol–water partition coefficient (Wildman–Crippen LogP) is 3.21. The van der Waals surface area contributed by atoms with Crippen molar-refractivity contribution in [3.63, 3.8) is 0 Å². The van der Waals surface area contributed by atoms with Crippen molar-refractivity contribution >= 4 is 40.6 Å². The Hall–Kier alpha value is -0.700. The second kappa shape index (κ2) is 4.88. The number of furan rings is 1. The van der Waals surface area contributed by atoms with Gasteiger partial charge in [-0.05, 0) is 12.1 Å². The first-order valence-electron chi connectivity index (χ1n) is 4.31. The van der Waals surface area contributed by atoms with Crippen LogP contribution in [0.1, 0.15) is 5.76 Å². The van der Waals surface area contributed by atoms with Gasteiger partial charge in [-0.15, -0.1) is 23.5 Å². The van der Waals surface area contributed by atoms with E-state index < -0.39 is 0 Å². The Morgan fingerprint density at radius 2 is 2.20 bits per heavy atom. The van der Waals surface area contributed by atoms with E-state index in [-0.39, 0.29) is 0 Å². The van der Waals surface area contributed by atoms with Crippen molar-refractivity contribution in [3.05, 3.63) is 34.0 Å². The molecule has 15 heavy (non-hydrogen) atoms. The summed E-state index contributed by atoms with van der Waals surface area (Å²) in [6, 6.07) is 5.73. The lowest BCUT2D eigenvalue weighted by Crippen LogP contribution is -1.99. The van der Waals surface area contributed by atoms with Crippen LogP contribution in [0, 0.1) is 11.3 Å². The minimum atomic E-state index is 0.513. The van der Waals surface area contributed by atoms with E-state index in [0.717, 1.165) is 15.7 Å². The molecule has 0 atom stereocenters. The van der Waals surface area contributed by atoms with Gasteiger partial charge in [-0.3, -0.25) is 0 Å². The number of allylic oxidation sites excluding steroid dienone is 1. The summed E-state index contributed by atoms with van der Waals surface area (Å²) >= 11 is 8.61. The number of thioether (sulfide) groups is 2. The number of hydrogen-bond acceptors (Lipinski definition) is 5. The highest BCUT2D eigenvalue weighted by atomic mass is 32.2. The molecule has 1 saturated heterocycles. The maximum absolute atomic E-state index is 9.09. The van der Waals surface area contributed by atoms with E-state index in [2.05, 4.69) is 6.07 Å². The maximum Gasteiger partial charge on any atom is 0.146 e. The molecule has 0 spiro atoms. The van der Waals surface area contributed by atoms with Crippen molar-refractivity contribution in [1.82, 2.24) is 0 Å². The normalized spacial score (nSPS) is 15.0. The zero-order valence-corrected chi connectivity index (χ0v) is 10.2. The molecule has 76 valence electrons. The van der Waals surface area contributed by atoms with Gasteiger partial charge < -0.3 is 4.42 Å². The molecular weight excluding hydrogens is 246 g/mol. The average molecular weight is 253 g/mol. The van der Waals surface area contributed by atoms with E-state index in [1.165, 1.54) is 0 Å². The smallest absolute Gasteiger partial charge is 0.146 e. The summed E-state index contributed by atoms with van der Waals surface area (Å²) in [7, 11) is 0. The largest absolute Gasteiger partial charge is 0.463 e. The third kappa shape index (κ3) is 2.28. The minimum Gasteiger partial charge on any atom is -0.463 e. The molecule has 0 aliphatic carbocycles. The first kappa shape index (κ1) is 10.8. The lowest BCUT2D eigenvalue weighted by atomic mass is 10.2. The molecule has 0 radical (unpaired) electrons. The van der Waals surface area contributed by atoms with E-state index in [0.29, 0.717) is 16.2 Å². The van der Waals surface area contributed by atoms with Crippen LogP contribution in [0.5, 0.6) is 0 Å². The van der Waals surface area contributed by atoms with Crippen molar-refractivity contribution in [3.8, 4) is 6.07 Å². The molecule has 0 N–H and O–H groups in total. The van der Waals surface area contributed by atoms with Gasteiger partial charge in [-0.25, -0.2) is 0 Å². The molecule has 1 aromatic rings. The number of nitrogens with zero attached hydrogens (tertiary/aromatic N) is 1. The Balaban J connectivity index is 2.33. The van der Waals surface area contributed by atoms with Crippen LogP contribution in [0.2, 0.25) is 0 Å². The molecule has 1 aromatic heterocycles. The van der Waals surface area contributed by atoms with Crippen molar-refractivity contribution in [1.29, 1.82) is 5.26 Å². The van der Waals surface area contributed by atoms with Crippen LogP contribution < -0.4 is 0 Å². The fraction of sp³-hybridized carbons (Fsp3) is 0.200. The molecule has 1 aliphatic heterocycles. The fourth-order valence-electron chi connectivity index (χ4n) is 1.17. The van der Waals surface area contributed by atoms with Crippen molar-refractivity contribution in [2.75, 3.05) is 11.5 Å². The SMILES string of the molecule is N#CC(C(=S)c1ccco1)=C1SCCS1. The molecule has 1 aliphatic rings. The van der Waals surface area contributed by atoms with Gasteiger partial charge >= 0.3 is 0 Å². The second-order valence-corrected chi connectivity index (χ2v) is 5.65. The van der Waals surface area contributed by atoms with Crippen LogP contribution in [-0.2, 0) is 0 Å². The average Bonchev–Trinajstić information content (AvgIpc) is 2.91. The number of hydrogen-bond donors (Lipinski definition) is 0. The van der Waals surface area contributed by atoms with Crippen LogP contribution in [0.3, 0.4) is 0 Å². The molecule has 0 amide bonds. The summed E-state index contributed by atoms with van der Waals surface area (Å²) in [6.45, 7) is 0. The molecule has 5 heteroatoms. The quantitative estimate of drug-likeness (QED) is 0.350. The van der Waals surface area contributed by atoms with Gasteiger partial charge in [0.1, 0.15) is 11.8 Å². The van der Waals surface area contributed by atoms with Crippen LogP contribution in [0.25, 0.3) is 0 Å². The first-order chi connectivity index (χ1) is 7.33. The summed E-state index contributed by atoms with van der Waals surface area (Å²) in [5.41, 5.74) is 0.576. The number of thiocarbonyl (C=S) groups is 1. The summed E-state index contributed by atoms with van der Waals surface area (Å²) in [6.07, 6.45) is 1.57. The standard InChI is InChI=1S/C10H7NOS3/c11-6-7(10-14-4-5-15-10)9(13)8-2-1-3-12-8/h1-3H,4-5H2. The van der Waals surface area contributed by atoms with Crippen LogP contribution in [0.15, 0.2) is 32.6 Å². The third-order valence-electron chi connectivity index (χ3n) is 1.84. The predicted molar refractivity (Wildman–Crippen MR) is 68.0 cm³/mol. The van der Waals surface area contributed by atoms with Gasteiger partial charge in [0.25, 0.3) is 0 Å². The van der Waals surface area contributed by atoms with Gasteiger partial charge in [0.15, 0.2) is 0 Å². The zero-order valence-electron chi connectivity index (χ0n) is 7.73. The summed E-state index contributed by atoms with van der Waals surface area (Å²) in [4.78, 5) is 0.513. The molecule has 2 nitrogen and oxygen atoms in total. The number of rotatable bonds is 2. The van der Waals surface area contributed by atoms with Crippen LogP contribution >= 0.6 is 35.7 Å². The molecule has 0 unspecified atom stereocenters. The summed E-state index contributed by atoms with van der Waals surface area (Å²) < 4.78 is 6.22. The summed E-state index contributed by atoms with van der Waals surface area (Å²) in [5, 5.41) is 9.09. The Morgan fingerprint density at radius 1 is 1.47 bits per heavy atom. The molecule has 2 rings (SSSR count). The van der Waals surface area contributed by atoms with Gasteiger partial charge in [-0.1, -0.05) is 12.2 Å². The molecule has 0 saturated carbocycles. The van der Waals surface area contributed by atoms with Gasteiger partial charge in [0.2, 0.25) is 0 Å². The number of nitriles is 1. The lowest BCUT2D eigenvalue weighted by molar-refractivity contribution is 0.559. The van der Waals surface area contributed by atoms with E-state index in [1.54, 1.807) is 41.9 Å². The Kier molecular flexibility index (Phi) is 3.52. The van der Waals surface area contributed by atoms with Crippen LogP contribution in [0.4, 0.5) is 0 Å². The van der Waals surface area contributed by atoms with Crippen molar-refractivity contribution in [2.45, 2.75) is 0 Å². The molecule has 0 aromatic carbocycles. The minimum absolute atomic E-state index is 0.513. The first-order valence-corrected chi connectivity index (χ1v) is 6.69. The molecule has 0 bridgehead atoms. The highest BCUT2D eigenvalue weighted by Crippen LogP contribution is 2.39. The second-order valence-electron chi connectivity index (χ2n) is 2.78. The van der Waals surface area contributed by atoms with Gasteiger partial charge in [0.05, 0.1) is 20.9 Å². The van der Waals surface area contributed by atoms with Gasteiger partial charge in [0, 0.05) is 11.5 Å². The maximum atomic E-state index is 9.09. The highest BCUT2D eigenvalue weighted by Gasteiger charge is 2.19. The Labute approximate surface area is 102 Å². The van der Waals surface area contributed by atoms with Crippen LogP contribution in [-0.4, -0.2) is 16.4 Å². The summed E-state index contributed by atoms with van der Waals surface area (Å²) in [5.74, 6) is 2.69. The highest BCUT2D eigenvalue weighted by molar-refractivity contribution is 8.25. The lowest BCUT2D eigenvalue weighted by Gasteiger charge is -2.01. The van der Waals surface area contributed by atoms with Crippen molar-refractivity contribution in [2.24, 2.45) is 0 Å². The topological polar surface area (TPSA) is 36.9 Å². The van der Waals surface area contributed by atoms with E-state index in [1.807, 2.05) is 0 Å². The fourth-order valence-corrected chi connectivity index (χ4v) is 4.02. The Bertz CT molecular complexity index is 434. The monoisotopic (exact) mass is 253 g/mol. The molecule has 1 fully saturated rings. The Morgan fingerprint density at radius 3 is 2.73 bits per heavy atom. The molecular formula is C10H7NOS3. The molecule has 2 heterocycles. The zero-order chi connectivity index (χ0) is 10.7. The van der Waals surface area contributed by atoms with Gasteiger partial charge in [-0.2, -0.15) is 5.26 Å².